The molecule has 0 aliphatic heterocycles. The summed E-state index contributed by atoms with van der Waals surface area (Å²) in [6.45, 7) is 0. The smallest absolute Gasteiger partial charge is 0.411 e. The van der Waals surface area contributed by atoms with Crippen molar-refractivity contribution in [1.29, 1.82) is 0 Å². The number of anilines is 4. The molecule has 2 nitrogen and oxygen atoms in total. The Morgan fingerprint density at radius 1 is 0.424 bits per heavy atom. The first-order valence-electron chi connectivity index (χ1n) is 9.80. The Balaban J connectivity index is 0.000000227. The largest absolute Gasteiger partial charge is 2.00 e. The molecule has 0 saturated carbocycles. The van der Waals surface area contributed by atoms with Crippen LogP contribution in [0.4, 0.5) is 22.7 Å². The van der Waals surface area contributed by atoms with Crippen molar-refractivity contribution in [3.05, 3.63) is 121 Å². The van der Waals surface area contributed by atoms with Crippen molar-refractivity contribution in [2.75, 3.05) is 9.80 Å². The molecular weight excluding hydrogens is 527 g/mol. The standard InChI is InChI=1S/2C13H11NS2.Ni/c2*15-13(16)14(11-7-3-1-4-8-11)12-9-5-2-6-10-12;/h2*1-10H,(H,15,16);/q;;+2/p-2. The van der Waals surface area contributed by atoms with Crippen molar-refractivity contribution < 1.29 is 16.5 Å². The molecule has 0 atom stereocenters. The van der Waals surface area contributed by atoms with Gasteiger partial charge in [-0.05, 0) is 48.5 Å². The molecule has 33 heavy (non-hydrogen) atoms. The summed E-state index contributed by atoms with van der Waals surface area (Å²) in [5.41, 5.74) is 3.98. The molecule has 0 spiro atoms. The predicted molar refractivity (Wildman–Crippen MR) is 150 cm³/mol. The maximum atomic E-state index is 5.12. The van der Waals surface area contributed by atoms with Gasteiger partial charge in [0.2, 0.25) is 0 Å². The minimum absolute atomic E-state index is 0. The molecule has 4 rings (SSSR count). The van der Waals surface area contributed by atoms with Crippen molar-refractivity contribution in [2.24, 2.45) is 0 Å². The summed E-state index contributed by atoms with van der Waals surface area (Å²) >= 11 is 20.5. The Hall–Kier alpha value is -2.41. The average Bonchev–Trinajstić information content (AvgIpc) is 2.82. The topological polar surface area (TPSA) is 6.48 Å². The quantitative estimate of drug-likeness (QED) is 0.149. The average molecular weight is 547 g/mol. The Labute approximate surface area is 227 Å². The first-order valence-corrected chi connectivity index (χ1v) is 11.4. The van der Waals surface area contributed by atoms with Crippen LogP contribution in [0.15, 0.2) is 121 Å². The van der Waals surface area contributed by atoms with Gasteiger partial charge >= 0.3 is 16.5 Å². The molecule has 0 amide bonds. The predicted octanol–water partition coefficient (Wildman–Crippen LogP) is 7.31. The summed E-state index contributed by atoms with van der Waals surface area (Å²) in [6.07, 6.45) is 0. The van der Waals surface area contributed by atoms with E-state index in [0.29, 0.717) is 8.64 Å². The van der Waals surface area contributed by atoms with Crippen LogP contribution in [0.2, 0.25) is 0 Å². The van der Waals surface area contributed by atoms with Gasteiger partial charge in [-0.3, -0.25) is 0 Å². The van der Waals surface area contributed by atoms with Crippen LogP contribution in [0.3, 0.4) is 0 Å². The summed E-state index contributed by atoms with van der Waals surface area (Å²) in [5, 5.41) is 0. The minimum atomic E-state index is 0. The molecule has 0 N–H and O–H groups in total. The maximum Gasteiger partial charge on any atom is 2.00 e. The van der Waals surface area contributed by atoms with Gasteiger partial charge in [0.05, 0.1) is 0 Å². The van der Waals surface area contributed by atoms with Gasteiger partial charge in [-0.15, -0.1) is 0 Å². The summed E-state index contributed by atoms with van der Waals surface area (Å²) in [4.78, 5) is 3.76. The van der Waals surface area contributed by atoms with Crippen LogP contribution in [0, 0.1) is 0 Å². The van der Waals surface area contributed by atoms with Crippen molar-refractivity contribution >= 4 is 81.1 Å². The van der Waals surface area contributed by atoms with Gasteiger partial charge in [0.15, 0.2) is 0 Å². The second-order valence-corrected chi connectivity index (χ2v) is 8.61. The number of para-hydroxylation sites is 4. The monoisotopic (exact) mass is 546 g/mol. The number of hydrogen-bond acceptors (Lipinski definition) is 4. The van der Waals surface area contributed by atoms with Crippen molar-refractivity contribution in [2.45, 2.75) is 0 Å². The van der Waals surface area contributed by atoms with Crippen LogP contribution in [-0.2, 0) is 41.7 Å². The zero-order chi connectivity index (χ0) is 22.8. The molecule has 0 bridgehead atoms. The molecule has 0 aliphatic carbocycles. The van der Waals surface area contributed by atoms with E-state index in [1.807, 2.05) is 131 Å². The zero-order valence-corrected chi connectivity index (χ0v) is 21.6. The normalized spacial score (nSPS) is 9.45. The van der Waals surface area contributed by atoms with Gasteiger partial charge < -0.3 is 59.5 Å². The van der Waals surface area contributed by atoms with E-state index in [4.69, 9.17) is 49.7 Å². The second-order valence-electron chi connectivity index (χ2n) is 6.54. The maximum absolute atomic E-state index is 5.12. The third kappa shape index (κ3) is 7.84. The van der Waals surface area contributed by atoms with E-state index in [2.05, 4.69) is 0 Å². The molecule has 0 radical (unpaired) electrons. The van der Waals surface area contributed by atoms with E-state index in [9.17, 15) is 0 Å². The van der Waals surface area contributed by atoms with Crippen molar-refractivity contribution in [1.82, 2.24) is 0 Å². The third-order valence-electron chi connectivity index (χ3n) is 4.42. The molecule has 0 heterocycles. The van der Waals surface area contributed by atoms with E-state index in [1.165, 1.54) is 0 Å². The second kappa shape index (κ2) is 14.0. The van der Waals surface area contributed by atoms with Gasteiger partial charge in [0, 0.05) is 22.7 Å². The number of rotatable bonds is 4. The Morgan fingerprint density at radius 3 is 0.758 bits per heavy atom. The molecule has 0 unspecified atom stereocenters. The summed E-state index contributed by atoms with van der Waals surface area (Å²) in [6, 6.07) is 39.6. The number of thiocarbonyl (C=S) groups is 2. The number of nitrogens with zero attached hydrogens (tertiary/aromatic N) is 2. The Kier molecular flexibility index (Phi) is 11.4. The fourth-order valence-corrected chi connectivity index (χ4v) is 3.87. The molecule has 0 saturated heterocycles. The van der Waals surface area contributed by atoms with E-state index >= 15 is 0 Å². The summed E-state index contributed by atoms with van der Waals surface area (Å²) in [5.74, 6) is 0. The van der Waals surface area contributed by atoms with Crippen LogP contribution < -0.4 is 9.80 Å². The van der Waals surface area contributed by atoms with Crippen LogP contribution >= 0.6 is 24.4 Å². The first-order chi connectivity index (χ1) is 15.6. The van der Waals surface area contributed by atoms with Crippen molar-refractivity contribution in [3.63, 3.8) is 0 Å². The molecule has 0 aliphatic rings. The SMILES string of the molecule is S=C([S-])N(c1ccccc1)c1ccccc1.S=C([S-])N(c1ccccc1)c1ccccc1.[Ni+2]. The van der Waals surface area contributed by atoms with Gasteiger partial charge in [0.1, 0.15) is 0 Å². The van der Waals surface area contributed by atoms with Gasteiger partial charge in [-0.25, -0.2) is 0 Å². The summed E-state index contributed by atoms with van der Waals surface area (Å²) in [7, 11) is 0. The van der Waals surface area contributed by atoms with Gasteiger partial charge in [-0.1, -0.05) is 81.4 Å². The molecule has 168 valence electrons. The number of hydrogen-bond donors (Lipinski definition) is 0. The Morgan fingerprint density at radius 2 is 0.606 bits per heavy atom. The van der Waals surface area contributed by atoms with E-state index in [1.54, 1.807) is 0 Å². The minimum Gasteiger partial charge on any atom is -0.411 e. The van der Waals surface area contributed by atoms with E-state index in [0.717, 1.165) is 22.7 Å². The number of benzene rings is 4. The zero-order valence-electron chi connectivity index (χ0n) is 17.4. The molecular formula is C26H20N2NiS4. The molecule has 4 aromatic carbocycles. The molecule has 0 aromatic heterocycles. The fraction of sp³-hybridized carbons (Fsp3) is 0. The van der Waals surface area contributed by atoms with Crippen LogP contribution in [0.1, 0.15) is 0 Å². The molecule has 7 heteroatoms. The van der Waals surface area contributed by atoms with Crippen LogP contribution in [0.25, 0.3) is 0 Å². The fourth-order valence-electron chi connectivity index (χ4n) is 3.03. The van der Waals surface area contributed by atoms with Crippen molar-refractivity contribution in [3.8, 4) is 0 Å². The Bertz CT molecular complexity index is 956. The van der Waals surface area contributed by atoms with E-state index < -0.39 is 0 Å². The third-order valence-corrected chi connectivity index (χ3v) is 5.15. The van der Waals surface area contributed by atoms with Crippen LogP contribution in [-0.4, -0.2) is 8.64 Å². The molecule has 4 aromatic rings. The van der Waals surface area contributed by atoms with Gasteiger partial charge in [0.25, 0.3) is 0 Å². The van der Waals surface area contributed by atoms with Gasteiger partial charge in [-0.2, -0.15) is 0 Å². The van der Waals surface area contributed by atoms with E-state index in [-0.39, 0.29) is 16.5 Å². The summed E-state index contributed by atoms with van der Waals surface area (Å²) < 4.78 is 0.856. The molecule has 0 fully saturated rings. The first kappa shape index (κ1) is 26.8. The van der Waals surface area contributed by atoms with Crippen LogP contribution in [0.5, 0.6) is 0 Å².